The van der Waals surface area contributed by atoms with E-state index in [2.05, 4.69) is 48.1 Å². The summed E-state index contributed by atoms with van der Waals surface area (Å²) < 4.78 is 18.4. The molecule has 0 aliphatic carbocycles. The molecule has 3 aromatic carbocycles. The molecule has 3 N–H and O–H groups in total. The van der Waals surface area contributed by atoms with Crippen molar-refractivity contribution < 1.29 is 18.4 Å². The predicted octanol–water partition coefficient (Wildman–Crippen LogP) is 5.61. The van der Waals surface area contributed by atoms with E-state index < -0.39 is 4.75 Å². The number of carbonyl (C=O) groups is 2. The summed E-state index contributed by atoms with van der Waals surface area (Å²) in [4.78, 5) is 31.2. The zero-order valence-electron chi connectivity index (χ0n) is 26.8. The topological polar surface area (TPSA) is 132 Å². The van der Waals surface area contributed by atoms with Crippen LogP contribution in [0, 0.1) is 5.82 Å². The van der Waals surface area contributed by atoms with Crippen molar-refractivity contribution in [2.24, 2.45) is 0 Å². The average Bonchev–Trinajstić information content (AvgIpc) is 3.88. The van der Waals surface area contributed by atoms with Crippen LogP contribution in [0.3, 0.4) is 0 Å². The van der Waals surface area contributed by atoms with Gasteiger partial charge in [0, 0.05) is 55.4 Å². The molecule has 2 amide bonds. The summed E-state index contributed by atoms with van der Waals surface area (Å²) in [7, 11) is 1.73. The van der Waals surface area contributed by atoms with Crippen molar-refractivity contribution in [2.75, 3.05) is 56.7 Å². The average molecular weight is 669 g/mol. The highest BCUT2D eigenvalue weighted by atomic mass is 32.2. The molecule has 0 saturated carbocycles. The Balaban J connectivity index is 0.932. The molecule has 2 aromatic heterocycles. The van der Waals surface area contributed by atoms with Gasteiger partial charge in [-0.3, -0.25) is 19.6 Å². The molecule has 248 valence electrons. The third-order valence-corrected chi connectivity index (χ3v) is 10.8. The monoisotopic (exact) mass is 668 g/mol. The predicted molar refractivity (Wildman–Crippen MR) is 185 cm³/mol. The minimum atomic E-state index is -0.666. The number of fused-ring (bicyclic) bond motifs is 1. The van der Waals surface area contributed by atoms with E-state index in [0.717, 1.165) is 34.9 Å². The Morgan fingerprint density at radius 1 is 1.02 bits per heavy atom. The Morgan fingerprint density at radius 3 is 2.48 bits per heavy atom. The number of likely N-dealkylation sites (tertiary alicyclic amines) is 2. The fraction of sp³-hybridized carbons (Fsp3) is 0.343. The number of nitrogens with one attached hydrogen (secondary N) is 3. The molecule has 11 nitrogen and oxygen atoms in total. The van der Waals surface area contributed by atoms with E-state index in [-0.39, 0.29) is 17.6 Å². The molecule has 1 atom stereocenters. The number of rotatable bonds is 9. The number of piperidine rings is 1. The smallest absolute Gasteiger partial charge is 0.315 e. The van der Waals surface area contributed by atoms with Crippen molar-refractivity contribution in [3.05, 3.63) is 78.1 Å². The van der Waals surface area contributed by atoms with E-state index >= 15 is 0 Å². The van der Waals surface area contributed by atoms with Gasteiger partial charge in [-0.1, -0.05) is 17.2 Å². The van der Waals surface area contributed by atoms with Gasteiger partial charge in [0.1, 0.15) is 10.6 Å². The van der Waals surface area contributed by atoms with Gasteiger partial charge in [-0.15, -0.1) is 16.9 Å². The van der Waals surface area contributed by atoms with Gasteiger partial charge in [0.05, 0.1) is 17.8 Å². The number of benzene rings is 3. The third-order valence-electron chi connectivity index (χ3n) is 9.53. The van der Waals surface area contributed by atoms with E-state index in [9.17, 15) is 14.0 Å². The molecule has 13 heteroatoms. The second kappa shape index (κ2) is 13.4. The minimum absolute atomic E-state index is 0.0791. The van der Waals surface area contributed by atoms with Crippen molar-refractivity contribution in [2.45, 2.75) is 29.9 Å². The number of thioether (sulfide) groups is 1. The molecular formula is C35H37FN8O3S. The Hall–Kier alpha value is -4.75. The maximum Gasteiger partial charge on any atom is 0.315 e. The van der Waals surface area contributed by atoms with E-state index in [1.807, 2.05) is 41.5 Å². The number of hydrogen-bond acceptors (Lipinski definition) is 9. The highest BCUT2D eigenvalue weighted by Gasteiger charge is 2.45. The molecule has 0 radical (unpaired) electrons. The number of halogens is 1. The Labute approximate surface area is 281 Å². The van der Waals surface area contributed by atoms with Gasteiger partial charge in [0.15, 0.2) is 0 Å². The highest BCUT2D eigenvalue weighted by molar-refractivity contribution is 8.00. The summed E-state index contributed by atoms with van der Waals surface area (Å²) in [6.45, 7) is 2.89. The van der Waals surface area contributed by atoms with Gasteiger partial charge in [0.25, 0.3) is 0 Å². The fourth-order valence-electron chi connectivity index (χ4n) is 6.69. The van der Waals surface area contributed by atoms with Gasteiger partial charge in [0.2, 0.25) is 17.7 Å². The molecule has 2 fully saturated rings. The van der Waals surface area contributed by atoms with Crippen LogP contribution in [0.25, 0.3) is 33.6 Å². The Kier molecular flexibility index (Phi) is 8.88. The number of aromatic nitrogens is 4. The molecule has 4 heterocycles. The van der Waals surface area contributed by atoms with Crippen LogP contribution in [0.1, 0.15) is 30.7 Å². The lowest BCUT2D eigenvalue weighted by Gasteiger charge is -2.33. The van der Waals surface area contributed by atoms with Gasteiger partial charge in [-0.2, -0.15) is 5.10 Å². The summed E-state index contributed by atoms with van der Waals surface area (Å²) in [6.07, 6.45) is 4.41. The maximum atomic E-state index is 13.7. The van der Waals surface area contributed by atoms with Gasteiger partial charge >= 0.3 is 6.01 Å². The van der Waals surface area contributed by atoms with Crippen molar-refractivity contribution in [3.8, 4) is 22.7 Å². The normalized spacial score (nSPS) is 18.8. The van der Waals surface area contributed by atoms with Crippen LogP contribution < -0.4 is 10.6 Å². The molecule has 0 unspecified atom stereocenters. The van der Waals surface area contributed by atoms with E-state index in [1.54, 1.807) is 19.2 Å². The minimum Gasteiger partial charge on any atom is -0.403 e. The van der Waals surface area contributed by atoms with Crippen LogP contribution in [0.5, 0.6) is 0 Å². The molecule has 2 saturated heterocycles. The van der Waals surface area contributed by atoms with E-state index in [4.69, 9.17) is 4.42 Å². The SMILES string of the molecule is CNc1nnc(-c2ccc(C3CCN(C(=O)CN4CC[C@@](SC)(C(=O)Nc5ccc6[nH]nc(-c7ccc(F)cc7)c6c5)C4)CC3)cc2)o1. The summed E-state index contributed by atoms with van der Waals surface area (Å²) in [5.41, 5.74) is 5.07. The second-order valence-corrected chi connectivity index (χ2v) is 13.6. The van der Waals surface area contributed by atoms with Crippen LogP contribution >= 0.6 is 11.8 Å². The number of nitrogens with zero attached hydrogens (tertiary/aromatic N) is 5. The van der Waals surface area contributed by atoms with E-state index in [1.165, 1.54) is 29.5 Å². The van der Waals surface area contributed by atoms with Crippen LogP contribution in [-0.2, 0) is 9.59 Å². The number of aromatic amines is 1. The van der Waals surface area contributed by atoms with Crippen molar-refractivity contribution >= 4 is 46.2 Å². The standard InChI is InChI=1S/C35H37FN8O3S/c1-37-34-42-41-32(47-34)25-5-3-22(4-6-25)23-13-16-44(17-14-23)30(45)20-43-18-15-35(21-43,48-2)33(46)38-27-11-12-29-28(19-27)31(40-39-29)24-7-9-26(36)10-8-24/h3-12,19,23H,13-18,20-21H2,1-2H3,(H,37,42)(H,38,46)(H,39,40)/t35-/m0/s1. The van der Waals surface area contributed by atoms with Crippen LogP contribution in [0.4, 0.5) is 16.1 Å². The largest absolute Gasteiger partial charge is 0.403 e. The lowest BCUT2D eigenvalue weighted by Crippen LogP contribution is -2.46. The Bertz CT molecular complexity index is 1920. The van der Waals surface area contributed by atoms with Gasteiger partial charge in [-0.25, -0.2) is 4.39 Å². The van der Waals surface area contributed by atoms with Crippen molar-refractivity contribution in [1.29, 1.82) is 0 Å². The zero-order valence-corrected chi connectivity index (χ0v) is 27.6. The number of carbonyl (C=O) groups excluding carboxylic acids is 2. The maximum absolute atomic E-state index is 13.7. The van der Waals surface area contributed by atoms with Gasteiger partial charge in [-0.05, 0) is 91.6 Å². The zero-order chi connectivity index (χ0) is 33.3. The molecule has 0 spiro atoms. The molecule has 0 bridgehead atoms. The third kappa shape index (κ3) is 6.39. The number of anilines is 2. The summed E-state index contributed by atoms with van der Waals surface area (Å²) in [5.74, 6) is 0.576. The molecular weight excluding hydrogens is 632 g/mol. The summed E-state index contributed by atoms with van der Waals surface area (Å²) in [6, 6.07) is 20.4. The molecule has 2 aliphatic heterocycles. The second-order valence-electron chi connectivity index (χ2n) is 12.4. The first-order chi connectivity index (χ1) is 23.3. The molecule has 2 aliphatic rings. The first-order valence-electron chi connectivity index (χ1n) is 16.1. The lowest BCUT2D eigenvalue weighted by molar-refractivity contribution is -0.133. The van der Waals surface area contributed by atoms with Crippen LogP contribution in [-0.4, -0.2) is 92.8 Å². The van der Waals surface area contributed by atoms with Crippen molar-refractivity contribution in [3.63, 3.8) is 0 Å². The molecule has 48 heavy (non-hydrogen) atoms. The summed E-state index contributed by atoms with van der Waals surface area (Å²) >= 11 is 1.53. The summed E-state index contributed by atoms with van der Waals surface area (Å²) in [5, 5.41) is 22.3. The highest BCUT2D eigenvalue weighted by Crippen LogP contribution is 2.36. The van der Waals surface area contributed by atoms with Crippen molar-refractivity contribution in [1.82, 2.24) is 30.2 Å². The Morgan fingerprint density at radius 2 is 1.77 bits per heavy atom. The number of amides is 2. The first kappa shape index (κ1) is 31.8. The van der Waals surface area contributed by atoms with Crippen LogP contribution in [0.15, 0.2) is 71.1 Å². The molecule has 7 rings (SSSR count). The number of hydrogen-bond donors (Lipinski definition) is 3. The fourth-order valence-corrected chi connectivity index (χ4v) is 7.54. The number of H-pyrrole nitrogens is 1. The molecule has 5 aromatic rings. The van der Waals surface area contributed by atoms with Crippen LogP contribution in [0.2, 0.25) is 0 Å². The quantitative estimate of drug-likeness (QED) is 0.183. The lowest BCUT2D eigenvalue weighted by atomic mass is 9.89. The first-order valence-corrected chi connectivity index (χ1v) is 17.3. The van der Waals surface area contributed by atoms with E-state index in [0.29, 0.717) is 68.3 Å². The van der Waals surface area contributed by atoms with Gasteiger partial charge < -0.3 is 20.0 Å².